The molecule has 0 saturated carbocycles. The van der Waals surface area contributed by atoms with Crippen LogP contribution < -0.4 is 16.2 Å². The second-order valence-corrected chi connectivity index (χ2v) is 9.45. The number of anilines is 1. The van der Waals surface area contributed by atoms with Gasteiger partial charge in [0.1, 0.15) is 16.5 Å². The van der Waals surface area contributed by atoms with E-state index in [2.05, 4.69) is 4.98 Å². The summed E-state index contributed by atoms with van der Waals surface area (Å²) < 4.78 is 62.4. The Labute approximate surface area is 194 Å². The zero-order valence-corrected chi connectivity index (χ0v) is 19.2. The second-order valence-electron chi connectivity index (χ2n) is 7.80. The van der Waals surface area contributed by atoms with Crippen molar-refractivity contribution in [2.45, 2.75) is 31.2 Å². The summed E-state index contributed by atoms with van der Waals surface area (Å²) in [4.78, 5) is 15.4. The van der Waals surface area contributed by atoms with E-state index in [0.717, 1.165) is 34.9 Å². The number of sulfonamides is 1. The highest BCUT2D eigenvalue weighted by atomic mass is 32.2. The molecule has 0 unspecified atom stereocenters. The Hall–Kier alpha value is -3.57. The van der Waals surface area contributed by atoms with Crippen molar-refractivity contribution in [1.29, 1.82) is 0 Å². The maximum atomic E-state index is 15.0. The molecule has 2 aromatic heterocycles. The van der Waals surface area contributed by atoms with Crippen molar-refractivity contribution in [3.8, 4) is 0 Å². The van der Waals surface area contributed by atoms with Crippen LogP contribution in [0.3, 0.4) is 0 Å². The maximum absolute atomic E-state index is 15.0. The van der Waals surface area contributed by atoms with Gasteiger partial charge in [-0.15, -0.1) is 0 Å². The van der Waals surface area contributed by atoms with Crippen LogP contribution in [0.2, 0.25) is 0 Å². The minimum Gasteiger partial charge on any atom is -0.408 e. The van der Waals surface area contributed by atoms with Crippen molar-refractivity contribution in [3.05, 3.63) is 87.5 Å². The average Bonchev–Trinajstić information content (AvgIpc) is 3.08. The number of aryl methyl sites for hydroxylation is 1. The van der Waals surface area contributed by atoms with Crippen LogP contribution in [0.5, 0.6) is 0 Å². The summed E-state index contributed by atoms with van der Waals surface area (Å²) in [6, 6.07) is 10.5. The molecule has 11 heteroatoms. The van der Waals surface area contributed by atoms with Crippen molar-refractivity contribution >= 4 is 26.9 Å². The van der Waals surface area contributed by atoms with Crippen LogP contribution in [0.4, 0.5) is 14.6 Å². The molecular weight excluding hydrogens is 466 g/mol. The van der Waals surface area contributed by atoms with E-state index in [1.54, 1.807) is 6.92 Å². The summed E-state index contributed by atoms with van der Waals surface area (Å²) >= 11 is 0. The fourth-order valence-electron chi connectivity index (χ4n) is 4.01. The standard InChI is InChI=1S/C23H22F2N4O4S/c1-13-5-3-6-16(15(13)9-10-26)14(2)29-18-11-17(24)20(12-19(18)33-23(29)30)34(31,32)28-22-8-4-7-21(25)27-22/h3-8,11-12,14H,9-10,26H2,1-2H3,(H,27,28)/t14-/m1/s1. The molecule has 178 valence electrons. The first-order valence-corrected chi connectivity index (χ1v) is 11.9. The van der Waals surface area contributed by atoms with Gasteiger partial charge in [-0.05, 0) is 55.6 Å². The number of pyridine rings is 1. The van der Waals surface area contributed by atoms with Crippen molar-refractivity contribution in [3.63, 3.8) is 0 Å². The van der Waals surface area contributed by atoms with Crippen molar-refractivity contribution < 1.29 is 21.6 Å². The highest BCUT2D eigenvalue weighted by molar-refractivity contribution is 7.92. The third-order valence-corrected chi connectivity index (χ3v) is 6.96. The van der Waals surface area contributed by atoms with E-state index in [0.29, 0.717) is 13.0 Å². The Morgan fingerprint density at radius 3 is 2.62 bits per heavy atom. The minimum atomic E-state index is -4.49. The summed E-state index contributed by atoms with van der Waals surface area (Å²) in [6.07, 6.45) is 0.591. The summed E-state index contributed by atoms with van der Waals surface area (Å²) in [5.74, 6) is -3.10. The Morgan fingerprint density at radius 2 is 1.91 bits per heavy atom. The molecule has 1 atom stereocenters. The largest absolute Gasteiger partial charge is 0.420 e. The summed E-state index contributed by atoms with van der Waals surface area (Å²) in [5, 5.41) is 0. The minimum absolute atomic E-state index is 0.0954. The second kappa shape index (κ2) is 8.99. The van der Waals surface area contributed by atoms with Crippen LogP contribution in [-0.2, 0) is 16.4 Å². The number of nitrogens with two attached hydrogens (primary N) is 1. The molecule has 4 rings (SSSR count). The number of oxazole rings is 1. The van der Waals surface area contributed by atoms with Gasteiger partial charge in [0, 0.05) is 12.1 Å². The highest BCUT2D eigenvalue weighted by Gasteiger charge is 2.26. The van der Waals surface area contributed by atoms with Gasteiger partial charge in [0.05, 0.1) is 11.6 Å². The van der Waals surface area contributed by atoms with Crippen molar-refractivity contribution in [2.24, 2.45) is 5.73 Å². The molecule has 0 bridgehead atoms. The number of rotatable bonds is 7. The number of fused-ring (bicyclic) bond motifs is 1. The van der Waals surface area contributed by atoms with E-state index >= 15 is 4.39 Å². The predicted molar refractivity (Wildman–Crippen MR) is 123 cm³/mol. The zero-order chi connectivity index (χ0) is 24.6. The van der Waals surface area contributed by atoms with Crippen LogP contribution in [0.15, 0.2) is 62.6 Å². The molecule has 8 nitrogen and oxygen atoms in total. The lowest BCUT2D eigenvalue weighted by Gasteiger charge is -2.19. The SMILES string of the molecule is Cc1cccc([C@@H](C)n2c(=O)oc3cc(S(=O)(=O)Nc4cccc(F)n4)c(F)cc32)c1CCN. The smallest absolute Gasteiger partial charge is 0.408 e. The monoisotopic (exact) mass is 488 g/mol. The van der Waals surface area contributed by atoms with E-state index in [1.165, 1.54) is 16.7 Å². The first kappa shape index (κ1) is 23.6. The first-order valence-electron chi connectivity index (χ1n) is 10.4. The zero-order valence-electron chi connectivity index (χ0n) is 18.4. The molecule has 2 heterocycles. The van der Waals surface area contributed by atoms with E-state index in [1.807, 2.05) is 29.8 Å². The van der Waals surface area contributed by atoms with E-state index in [9.17, 15) is 17.6 Å². The van der Waals surface area contributed by atoms with Crippen LogP contribution in [0.1, 0.15) is 29.7 Å². The van der Waals surface area contributed by atoms with Gasteiger partial charge in [-0.2, -0.15) is 4.39 Å². The molecule has 0 spiro atoms. The molecule has 4 aromatic rings. The third-order valence-electron chi connectivity index (χ3n) is 5.59. The number of benzene rings is 2. The fourth-order valence-corrected chi connectivity index (χ4v) is 5.08. The topological polar surface area (TPSA) is 120 Å². The average molecular weight is 489 g/mol. The molecular formula is C23H22F2N4O4S. The van der Waals surface area contributed by atoms with E-state index < -0.39 is 38.5 Å². The summed E-state index contributed by atoms with van der Waals surface area (Å²) in [7, 11) is -4.49. The van der Waals surface area contributed by atoms with Gasteiger partial charge < -0.3 is 10.2 Å². The summed E-state index contributed by atoms with van der Waals surface area (Å²) in [6.45, 7) is 4.12. The van der Waals surface area contributed by atoms with Crippen LogP contribution >= 0.6 is 0 Å². The fraction of sp³-hybridized carbons (Fsp3) is 0.217. The number of hydrogen-bond acceptors (Lipinski definition) is 6. The molecule has 34 heavy (non-hydrogen) atoms. The summed E-state index contributed by atoms with van der Waals surface area (Å²) in [5.41, 5.74) is 8.55. The van der Waals surface area contributed by atoms with Gasteiger partial charge in [-0.1, -0.05) is 24.3 Å². The molecule has 0 fully saturated rings. The molecule has 0 saturated heterocycles. The van der Waals surface area contributed by atoms with Gasteiger partial charge in [0.25, 0.3) is 10.0 Å². The molecule has 0 amide bonds. The Kier molecular flexibility index (Phi) is 6.24. The van der Waals surface area contributed by atoms with Crippen LogP contribution in [0.25, 0.3) is 11.1 Å². The molecule has 0 radical (unpaired) electrons. The normalized spacial score (nSPS) is 12.7. The third kappa shape index (κ3) is 4.31. The molecule has 0 aliphatic rings. The van der Waals surface area contributed by atoms with Crippen LogP contribution in [-0.4, -0.2) is 24.5 Å². The van der Waals surface area contributed by atoms with E-state index in [-0.39, 0.29) is 16.9 Å². The molecule has 2 aromatic carbocycles. The molecule has 0 aliphatic carbocycles. The van der Waals surface area contributed by atoms with Crippen molar-refractivity contribution in [1.82, 2.24) is 9.55 Å². The van der Waals surface area contributed by atoms with Gasteiger partial charge in [-0.25, -0.2) is 22.6 Å². The number of aromatic nitrogens is 2. The van der Waals surface area contributed by atoms with Crippen molar-refractivity contribution in [2.75, 3.05) is 11.3 Å². The number of nitrogens with one attached hydrogen (secondary N) is 1. The van der Waals surface area contributed by atoms with E-state index in [4.69, 9.17) is 10.2 Å². The lowest BCUT2D eigenvalue weighted by atomic mass is 9.94. The first-order chi connectivity index (χ1) is 16.1. The highest BCUT2D eigenvalue weighted by Crippen LogP contribution is 2.30. The van der Waals surface area contributed by atoms with Gasteiger partial charge in [0.15, 0.2) is 5.58 Å². The molecule has 3 N–H and O–H groups in total. The lowest BCUT2D eigenvalue weighted by Crippen LogP contribution is -2.21. The Bertz CT molecular complexity index is 1550. The quantitative estimate of drug-likeness (QED) is 0.384. The lowest BCUT2D eigenvalue weighted by molar-refractivity contribution is 0.488. The number of hydrogen-bond donors (Lipinski definition) is 2. The van der Waals surface area contributed by atoms with Gasteiger partial charge in [-0.3, -0.25) is 9.29 Å². The number of nitrogens with zero attached hydrogens (tertiary/aromatic N) is 2. The van der Waals surface area contributed by atoms with Crippen LogP contribution in [0, 0.1) is 18.7 Å². The predicted octanol–water partition coefficient (Wildman–Crippen LogP) is 3.49. The Morgan fingerprint density at radius 1 is 1.18 bits per heavy atom. The maximum Gasteiger partial charge on any atom is 0.420 e. The molecule has 0 aliphatic heterocycles. The van der Waals surface area contributed by atoms with Gasteiger partial charge >= 0.3 is 5.76 Å². The number of halogens is 2. The van der Waals surface area contributed by atoms with Gasteiger partial charge in [0.2, 0.25) is 5.95 Å². The Balaban J connectivity index is 1.80.